The number of carbonyl (C=O) groups is 1. The Hall–Kier alpha value is -3.55. The number of amides is 1. The van der Waals surface area contributed by atoms with Gasteiger partial charge in [-0.3, -0.25) is 4.79 Å². The molecule has 0 aliphatic heterocycles. The summed E-state index contributed by atoms with van der Waals surface area (Å²) in [4.78, 5) is 16.4. The van der Waals surface area contributed by atoms with Crippen LogP contribution in [0.25, 0.3) is 0 Å². The molecular weight excluding hydrogens is 371 g/mol. The van der Waals surface area contributed by atoms with Crippen molar-refractivity contribution in [1.29, 1.82) is 0 Å². The Bertz CT molecular complexity index is 1010. The number of nitrogens with one attached hydrogen (secondary N) is 2. The Morgan fingerprint density at radius 2 is 1.86 bits per heavy atom. The molecule has 0 spiro atoms. The van der Waals surface area contributed by atoms with Crippen molar-refractivity contribution in [2.45, 2.75) is 6.54 Å². The summed E-state index contributed by atoms with van der Waals surface area (Å²) < 4.78 is 45.3. The average Bonchev–Trinajstić information content (AvgIpc) is 2.73. The highest BCUT2D eigenvalue weighted by Crippen LogP contribution is 2.21. The maximum Gasteiger partial charge on any atom is 0.255 e. The second-order valence-corrected chi connectivity index (χ2v) is 5.77. The first-order chi connectivity index (χ1) is 13.5. The van der Waals surface area contributed by atoms with E-state index in [1.54, 1.807) is 7.11 Å². The third-order valence-corrected chi connectivity index (χ3v) is 3.96. The topological polar surface area (TPSA) is 63.2 Å². The molecule has 0 aliphatic rings. The van der Waals surface area contributed by atoms with Crippen LogP contribution >= 0.6 is 0 Å². The number of carbonyl (C=O) groups excluding carboxylic acids is 1. The van der Waals surface area contributed by atoms with Crippen LogP contribution in [0.1, 0.15) is 15.9 Å². The van der Waals surface area contributed by atoms with E-state index >= 15 is 0 Å². The molecule has 0 radical (unpaired) electrons. The summed E-state index contributed by atoms with van der Waals surface area (Å²) >= 11 is 0. The molecule has 3 rings (SSSR count). The highest BCUT2D eigenvalue weighted by atomic mass is 19.2. The van der Waals surface area contributed by atoms with Crippen LogP contribution in [-0.2, 0) is 6.54 Å². The van der Waals surface area contributed by atoms with Crippen molar-refractivity contribution in [2.24, 2.45) is 0 Å². The average molecular weight is 387 g/mol. The number of hydrogen-bond donors (Lipinski definition) is 2. The van der Waals surface area contributed by atoms with Crippen molar-refractivity contribution in [3.8, 4) is 5.75 Å². The summed E-state index contributed by atoms with van der Waals surface area (Å²) in [6.45, 7) is 0.403. The molecule has 2 N–H and O–H groups in total. The second kappa shape index (κ2) is 8.43. The van der Waals surface area contributed by atoms with E-state index < -0.39 is 29.0 Å². The van der Waals surface area contributed by atoms with Crippen LogP contribution in [0.4, 0.5) is 24.7 Å². The number of para-hydroxylation sites is 1. The largest absolute Gasteiger partial charge is 0.496 e. The van der Waals surface area contributed by atoms with Crippen molar-refractivity contribution >= 4 is 17.4 Å². The van der Waals surface area contributed by atoms with Gasteiger partial charge in [-0.2, -0.15) is 0 Å². The van der Waals surface area contributed by atoms with Gasteiger partial charge in [0.1, 0.15) is 11.6 Å². The molecule has 3 aromatic rings. The number of anilines is 2. The molecule has 144 valence electrons. The molecule has 28 heavy (non-hydrogen) atoms. The van der Waals surface area contributed by atoms with Gasteiger partial charge in [0.05, 0.1) is 12.8 Å². The minimum absolute atomic E-state index is 0.168. The lowest BCUT2D eigenvalue weighted by Crippen LogP contribution is -2.14. The van der Waals surface area contributed by atoms with E-state index in [0.29, 0.717) is 18.1 Å². The number of nitrogens with zero attached hydrogens (tertiary/aromatic N) is 1. The Morgan fingerprint density at radius 3 is 2.64 bits per heavy atom. The minimum Gasteiger partial charge on any atom is -0.496 e. The van der Waals surface area contributed by atoms with Crippen LogP contribution < -0.4 is 15.4 Å². The van der Waals surface area contributed by atoms with E-state index in [1.165, 1.54) is 18.3 Å². The number of ether oxygens (including phenoxy) is 1. The van der Waals surface area contributed by atoms with E-state index in [4.69, 9.17) is 4.74 Å². The van der Waals surface area contributed by atoms with Crippen LogP contribution in [0, 0.1) is 17.5 Å². The number of methoxy groups -OCH3 is 1. The Balaban J connectivity index is 1.72. The summed E-state index contributed by atoms with van der Waals surface area (Å²) in [6, 6.07) is 12.0. The van der Waals surface area contributed by atoms with Crippen LogP contribution in [0.5, 0.6) is 5.75 Å². The molecule has 1 heterocycles. The van der Waals surface area contributed by atoms with E-state index in [-0.39, 0.29) is 5.56 Å². The molecule has 0 fully saturated rings. The molecule has 8 heteroatoms. The van der Waals surface area contributed by atoms with Crippen molar-refractivity contribution in [3.05, 3.63) is 83.3 Å². The van der Waals surface area contributed by atoms with Crippen LogP contribution in [-0.4, -0.2) is 18.0 Å². The molecule has 0 unspecified atom stereocenters. The predicted octanol–water partition coefficient (Wildman–Crippen LogP) is 4.37. The van der Waals surface area contributed by atoms with Gasteiger partial charge in [0.15, 0.2) is 17.5 Å². The molecule has 2 aromatic carbocycles. The molecule has 5 nitrogen and oxygen atoms in total. The third-order valence-electron chi connectivity index (χ3n) is 3.96. The second-order valence-electron chi connectivity index (χ2n) is 5.77. The molecule has 0 saturated heterocycles. The van der Waals surface area contributed by atoms with Crippen LogP contribution in [0.2, 0.25) is 0 Å². The van der Waals surface area contributed by atoms with E-state index in [2.05, 4.69) is 15.6 Å². The monoisotopic (exact) mass is 387 g/mol. The molecule has 1 amide bonds. The Labute approximate surface area is 159 Å². The summed E-state index contributed by atoms with van der Waals surface area (Å²) in [7, 11) is 1.57. The first kappa shape index (κ1) is 19.2. The molecular formula is C20H16F3N3O2. The number of hydrogen-bond acceptors (Lipinski definition) is 4. The SMILES string of the molecule is COc1ccccc1CNc1cc(C(=O)Nc2ccc(F)c(F)c2F)ccn1. The number of benzene rings is 2. The number of halogens is 3. The quantitative estimate of drug-likeness (QED) is 0.617. The molecule has 0 saturated carbocycles. The van der Waals surface area contributed by atoms with Crippen molar-refractivity contribution < 1.29 is 22.7 Å². The lowest BCUT2D eigenvalue weighted by atomic mass is 10.2. The summed E-state index contributed by atoms with van der Waals surface area (Å²) in [5, 5.41) is 5.29. The molecule has 0 aliphatic carbocycles. The van der Waals surface area contributed by atoms with Gasteiger partial charge < -0.3 is 15.4 Å². The fourth-order valence-electron chi connectivity index (χ4n) is 2.52. The van der Waals surface area contributed by atoms with Crippen LogP contribution in [0.15, 0.2) is 54.7 Å². The standard InChI is InChI=1S/C20H16F3N3O2/c1-28-16-5-3-2-4-13(16)11-25-17-10-12(8-9-24-17)20(27)26-15-7-6-14(21)18(22)19(15)23/h2-10H,11H2,1H3,(H,24,25)(H,26,27). The number of rotatable bonds is 6. The number of pyridine rings is 1. The lowest BCUT2D eigenvalue weighted by Gasteiger charge is -2.11. The smallest absolute Gasteiger partial charge is 0.255 e. The summed E-state index contributed by atoms with van der Waals surface area (Å²) in [5.41, 5.74) is 0.608. The maximum atomic E-state index is 13.7. The number of aromatic nitrogens is 1. The molecule has 0 bridgehead atoms. The fourth-order valence-corrected chi connectivity index (χ4v) is 2.52. The van der Waals surface area contributed by atoms with Gasteiger partial charge in [0, 0.05) is 23.9 Å². The zero-order chi connectivity index (χ0) is 20.1. The third kappa shape index (κ3) is 4.22. The normalized spacial score (nSPS) is 10.4. The van der Waals surface area contributed by atoms with E-state index in [1.807, 2.05) is 24.3 Å². The highest BCUT2D eigenvalue weighted by molar-refractivity contribution is 6.04. The first-order valence-electron chi connectivity index (χ1n) is 8.26. The van der Waals surface area contributed by atoms with Gasteiger partial charge in [-0.1, -0.05) is 18.2 Å². The lowest BCUT2D eigenvalue weighted by molar-refractivity contribution is 0.102. The van der Waals surface area contributed by atoms with Gasteiger partial charge in [-0.15, -0.1) is 0 Å². The maximum absolute atomic E-state index is 13.7. The van der Waals surface area contributed by atoms with Gasteiger partial charge in [0.25, 0.3) is 5.91 Å². The predicted molar refractivity (Wildman–Crippen MR) is 98.8 cm³/mol. The highest BCUT2D eigenvalue weighted by Gasteiger charge is 2.16. The molecule has 1 aromatic heterocycles. The van der Waals surface area contributed by atoms with Gasteiger partial charge >= 0.3 is 0 Å². The summed E-state index contributed by atoms with van der Waals surface area (Å²) in [5.74, 6) is -4.01. The zero-order valence-electron chi connectivity index (χ0n) is 14.8. The summed E-state index contributed by atoms with van der Waals surface area (Å²) in [6.07, 6.45) is 1.40. The van der Waals surface area contributed by atoms with E-state index in [0.717, 1.165) is 17.7 Å². The van der Waals surface area contributed by atoms with Crippen molar-refractivity contribution in [3.63, 3.8) is 0 Å². The van der Waals surface area contributed by atoms with Crippen LogP contribution in [0.3, 0.4) is 0 Å². The van der Waals surface area contributed by atoms with Gasteiger partial charge in [0.2, 0.25) is 0 Å². The van der Waals surface area contributed by atoms with Crippen molar-refractivity contribution in [1.82, 2.24) is 4.98 Å². The Morgan fingerprint density at radius 1 is 1.07 bits per heavy atom. The van der Waals surface area contributed by atoms with Crippen molar-refractivity contribution in [2.75, 3.05) is 17.7 Å². The fraction of sp³-hybridized carbons (Fsp3) is 0.100. The minimum atomic E-state index is -1.65. The first-order valence-corrected chi connectivity index (χ1v) is 8.26. The van der Waals surface area contributed by atoms with E-state index in [9.17, 15) is 18.0 Å². The molecule has 0 atom stereocenters. The van der Waals surface area contributed by atoms with Gasteiger partial charge in [-0.05, 0) is 30.3 Å². The van der Waals surface area contributed by atoms with Gasteiger partial charge in [-0.25, -0.2) is 18.2 Å². The Kier molecular flexibility index (Phi) is 5.78. The zero-order valence-corrected chi connectivity index (χ0v) is 14.8.